The Morgan fingerprint density at radius 2 is 1.85 bits per heavy atom. The van der Waals surface area contributed by atoms with Crippen LogP contribution in [0.3, 0.4) is 0 Å². The van der Waals surface area contributed by atoms with Crippen LogP contribution in [0, 0.1) is 0 Å². The van der Waals surface area contributed by atoms with Gasteiger partial charge >= 0.3 is 0 Å². The maximum absolute atomic E-state index is 11.6. The molecular weight excluding hydrogens is 280 g/mol. The number of anilines is 1. The molecule has 2 amide bonds. The number of carbonyl (C=O) groups is 2. The second kappa shape index (κ2) is 6.77. The van der Waals surface area contributed by atoms with Crippen molar-refractivity contribution in [2.45, 2.75) is 13.0 Å². The van der Waals surface area contributed by atoms with Crippen LogP contribution in [0.5, 0.6) is 0 Å². The monoisotopic (exact) mass is 292 g/mol. The van der Waals surface area contributed by atoms with Crippen LogP contribution in [-0.2, 0) is 16.1 Å². The molecule has 0 aliphatic carbocycles. The quantitative estimate of drug-likeness (QED) is 0.832. The third-order valence-electron chi connectivity index (χ3n) is 2.49. The highest BCUT2D eigenvalue weighted by Crippen LogP contribution is 2.13. The predicted molar refractivity (Wildman–Crippen MR) is 75.3 cm³/mol. The largest absolute Gasteiger partial charge is 0.467 e. The fourth-order valence-corrected chi connectivity index (χ4v) is 1.67. The minimum absolute atomic E-state index is 0.247. The fraction of sp³-hybridized carbons (Fsp3) is 0.143. The van der Waals surface area contributed by atoms with E-state index in [0.717, 1.165) is 0 Å². The lowest BCUT2D eigenvalue weighted by Gasteiger charge is -2.05. The van der Waals surface area contributed by atoms with Crippen molar-refractivity contribution >= 4 is 29.1 Å². The molecule has 5 nitrogen and oxygen atoms in total. The Bertz CT molecular complexity index is 579. The summed E-state index contributed by atoms with van der Waals surface area (Å²) >= 11 is 5.74. The highest BCUT2D eigenvalue weighted by molar-refractivity contribution is 6.30. The van der Waals surface area contributed by atoms with Crippen molar-refractivity contribution < 1.29 is 14.0 Å². The van der Waals surface area contributed by atoms with Gasteiger partial charge in [0, 0.05) is 10.7 Å². The maximum Gasteiger partial charge on any atom is 0.233 e. The van der Waals surface area contributed by atoms with Crippen LogP contribution in [0.1, 0.15) is 12.2 Å². The van der Waals surface area contributed by atoms with E-state index >= 15 is 0 Å². The zero-order chi connectivity index (χ0) is 14.4. The van der Waals surface area contributed by atoms with Crippen LogP contribution in [0.25, 0.3) is 0 Å². The van der Waals surface area contributed by atoms with Crippen LogP contribution in [0.15, 0.2) is 47.1 Å². The zero-order valence-corrected chi connectivity index (χ0v) is 11.3. The summed E-state index contributed by atoms with van der Waals surface area (Å²) in [7, 11) is 0. The lowest BCUT2D eigenvalue weighted by molar-refractivity contribution is -0.127. The molecular formula is C14H13ClN2O3. The smallest absolute Gasteiger partial charge is 0.233 e. The van der Waals surface area contributed by atoms with E-state index < -0.39 is 0 Å². The Morgan fingerprint density at radius 1 is 1.10 bits per heavy atom. The molecule has 0 atom stereocenters. The fourth-order valence-electron chi connectivity index (χ4n) is 1.55. The number of benzene rings is 1. The highest BCUT2D eigenvalue weighted by atomic mass is 35.5. The number of furan rings is 1. The number of nitrogens with one attached hydrogen (secondary N) is 2. The molecule has 0 saturated carbocycles. The summed E-state index contributed by atoms with van der Waals surface area (Å²) in [6.45, 7) is 0.264. The van der Waals surface area contributed by atoms with Gasteiger partial charge in [-0.15, -0.1) is 0 Å². The molecule has 0 radical (unpaired) electrons. The van der Waals surface area contributed by atoms with E-state index in [4.69, 9.17) is 16.0 Å². The molecule has 0 bridgehead atoms. The van der Waals surface area contributed by atoms with Gasteiger partial charge in [-0.3, -0.25) is 9.59 Å². The topological polar surface area (TPSA) is 71.3 Å². The van der Waals surface area contributed by atoms with E-state index in [0.29, 0.717) is 16.5 Å². The van der Waals surface area contributed by atoms with E-state index in [1.54, 1.807) is 36.4 Å². The molecule has 0 aliphatic heterocycles. The van der Waals surface area contributed by atoms with Crippen molar-refractivity contribution in [3.63, 3.8) is 0 Å². The molecule has 6 heteroatoms. The first kappa shape index (κ1) is 14.1. The van der Waals surface area contributed by atoms with Gasteiger partial charge in [-0.1, -0.05) is 11.6 Å². The Hall–Kier alpha value is -2.27. The van der Waals surface area contributed by atoms with Crippen molar-refractivity contribution in [3.8, 4) is 0 Å². The molecule has 0 aliphatic rings. The number of hydrogen-bond acceptors (Lipinski definition) is 3. The standard InChI is InChI=1S/C14H13ClN2O3/c15-10-3-5-11(6-4-10)17-14(19)8-13(18)16-9-12-2-1-7-20-12/h1-7H,8-9H2,(H,16,18)(H,17,19). The predicted octanol–water partition coefficient (Wildman–Crippen LogP) is 2.58. The summed E-state index contributed by atoms with van der Waals surface area (Å²) in [5, 5.41) is 5.79. The normalized spacial score (nSPS) is 10.1. The van der Waals surface area contributed by atoms with Crippen molar-refractivity contribution in [1.82, 2.24) is 5.32 Å². The summed E-state index contributed by atoms with van der Waals surface area (Å²) in [6, 6.07) is 10.1. The van der Waals surface area contributed by atoms with Crippen LogP contribution in [0.2, 0.25) is 5.02 Å². The lowest BCUT2D eigenvalue weighted by Crippen LogP contribution is -2.27. The van der Waals surface area contributed by atoms with Gasteiger partial charge in [-0.2, -0.15) is 0 Å². The summed E-state index contributed by atoms with van der Waals surface area (Å²) < 4.78 is 5.07. The zero-order valence-electron chi connectivity index (χ0n) is 10.6. The summed E-state index contributed by atoms with van der Waals surface area (Å²) in [6.07, 6.45) is 1.28. The first-order valence-electron chi connectivity index (χ1n) is 5.98. The SMILES string of the molecule is O=C(CC(=O)Nc1ccc(Cl)cc1)NCc1ccco1. The third kappa shape index (κ3) is 4.44. The molecule has 2 rings (SSSR count). The van der Waals surface area contributed by atoms with Gasteiger partial charge in [0.15, 0.2) is 0 Å². The number of hydrogen-bond donors (Lipinski definition) is 2. The van der Waals surface area contributed by atoms with Crippen molar-refractivity contribution in [1.29, 1.82) is 0 Å². The summed E-state index contributed by atoms with van der Waals surface area (Å²) in [5.74, 6) is -0.117. The van der Waals surface area contributed by atoms with Crippen molar-refractivity contribution in [2.75, 3.05) is 5.32 Å². The minimum atomic E-state index is -0.385. The Morgan fingerprint density at radius 3 is 2.50 bits per heavy atom. The second-order valence-corrected chi connectivity index (χ2v) is 4.52. The van der Waals surface area contributed by atoms with Gasteiger partial charge in [0.25, 0.3) is 0 Å². The molecule has 0 unspecified atom stereocenters. The lowest BCUT2D eigenvalue weighted by atomic mass is 10.3. The molecule has 2 aromatic rings. The molecule has 0 saturated heterocycles. The van der Waals surface area contributed by atoms with Crippen molar-refractivity contribution in [2.24, 2.45) is 0 Å². The van der Waals surface area contributed by atoms with Crippen LogP contribution in [0.4, 0.5) is 5.69 Å². The van der Waals surface area contributed by atoms with Gasteiger partial charge in [0.1, 0.15) is 12.2 Å². The van der Waals surface area contributed by atoms with E-state index in [-0.39, 0.29) is 24.8 Å². The Kier molecular flexibility index (Phi) is 4.79. The summed E-state index contributed by atoms with van der Waals surface area (Å²) in [5.41, 5.74) is 0.596. The van der Waals surface area contributed by atoms with Crippen LogP contribution >= 0.6 is 11.6 Å². The van der Waals surface area contributed by atoms with Gasteiger partial charge in [-0.25, -0.2) is 0 Å². The van der Waals surface area contributed by atoms with Crippen LogP contribution in [-0.4, -0.2) is 11.8 Å². The molecule has 1 heterocycles. The first-order valence-corrected chi connectivity index (χ1v) is 6.36. The molecule has 0 spiro atoms. The van der Waals surface area contributed by atoms with Gasteiger partial charge < -0.3 is 15.1 Å². The van der Waals surface area contributed by atoms with E-state index in [2.05, 4.69) is 10.6 Å². The first-order chi connectivity index (χ1) is 9.63. The molecule has 104 valence electrons. The number of halogens is 1. The van der Waals surface area contributed by atoms with Crippen molar-refractivity contribution in [3.05, 3.63) is 53.4 Å². The Balaban J connectivity index is 1.76. The Labute approximate surface area is 120 Å². The highest BCUT2D eigenvalue weighted by Gasteiger charge is 2.09. The van der Waals surface area contributed by atoms with Gasteiger partial charge in [0.05, 0.1) is 12.8 Å². The van der Waals surface area contributed by atoms with Gasteiger partial charge in [-0.05, 0) is 36.4 Å². The second-order valence-electron chi connectivity index (χ2n) is 4.09. The molecule has 1 aromatic carbocycles. The molecule has 1 aromatic heterocycles. The average Bonchev–Trinajstić information content (AvgIpc) is 2.92. The molecule has 0 fully saturated rings. The molecule has 2 N–H and O–H groups in total. The van der Waals surface area contributed by atoms with E-state index in [9.17, 15) is 9.59 Å². The number of carbonyl (C=O) groups excluding carboxylic acids is 2. The number of amides is 2. The average molecular weight is 293 g/mol. The molecule has 20 heavy (non-hydrogen) atoms. The summed E-state index contributed by atoms with van der Waals surface area (Å²) in [4.78, 5) is 23.2. The third-order valence-corrected chi connectivity index (χ3v) is 2.74. The van der Waals surface area contributed by atoms with Gasteiger partial charge in [0.2, 0.25) is 11.8 Å². The van der Waals surface area contributed by atoms with E-state index in [1.807, 2.05) is 0 Å². The maximum atomic E-state index is 11.6. The minimum Gasteiger partial charge on any atom is -0.467 e. The van der Waals surface area contributed by atoms with E-state index in [1.165, 1.54) is 6.26 Å². The van der Waals surface area contributed by atoms with Crippen LogP contribution < -0.4 is 10.6 Å². The number of rotatable bonds is 5.